The highest BCUT2D eigenvalue weighted by atomic mass is 16.6. The van der Waals surface area contributed by atoms with Crippen molar-refractivity contribution >= 4 is 28.7 Å². The summed E-state index contributed by atoms with van der Waals surface area (Å²) in [5.74, 6) is -0.528. The Hall–Kier alpha value is -5.58. The van der Waals surface area contributed by atoms with Gasteiger partial charge in [0.2, 0.25) is 0 Å². The van der Waals surface area contributed by atoms with Gasteiger partial charge in [-0.25, -0.2) is 9.59 Å². The number of hydrogen-bond donors (Lipinski definition) is 3. The van der Waals surface area contributed by atoms with E-state index in [-0.39, 0.29) is 31.0 Å². The molecular weight excluding hydrogens is 656 g/mol. The Labute approximate surface area is 303 Å². The molecular formula is C42H44N4O6. The number of pyridine rings is 1. The molecule has 0 saturated carbocycles. The first-order valence-corrected chi connectivity index (χ1v) is 17.6. The van der Waals surface area contributed by atoms with Crippen LogP contribution in [0, 0.1) is 0 Å². The number of carbonyl (C=O) groups excluding carboxylic acids is 3. The number of alkyl carbamates (subject to hydrolysis) is 2. The minimum absolute atomic E-state index is 0.0388. The Kier molecular flexibility index (Phi) is 12.6. The smallest absolute Gasteiger partial charge is 0.407 e. The van der Waals surface area contributed by atoms with Crippen LogP contribution in [0.1, 0.15) is 40.2 Å². The normalized spacial score (nSPS) is 16.2. The molecule has 52 heavy (non-hydrogen) atoms. The first-order chi connectivity index (χ1) is 25.5. The largest absolute Gasteiger partial charge is 0.453 e. The van der Waals surface area contributed by atoms with Crippen molar-refractivity contribution in [2.75, 3.05) is 26.9 Å². The molecule has 2 amide bonds. The maximum atomic E-state index is 14.2. The Balaban J connectivity index is 1.01. The van der Waals surface area contributed by atoms with Gasteiger partial charge in [-0.2, -0.15) is 0 Å². The summed E-state index contributed by atoms with van der Waals surface area (Å²) >= 11 is 0. The summed E-state index contributed by atoms with van der Waals surface area (Å²) in [7, 11) is 1.30. The summed E-state index contributed by atoms with van der Waals surface area (Å²) in [5, 5.41) is 11.2. The fourth-order valence-corrected chi connectivity index (χ4v) is 6.71. The van der Waals surface area contributed by atoms with E-state index in [0.717, 1.165) is 45.0 Å². The lowest BCUT2D eigenvalue weighted by atomic mass is 9.81. The fraction of sp³-hybridized carbons (Fsp3) is 0.286. The maximum absolute atomic E-state index is 14.2. The molecule has 1 saturated heterocycles. The molecule has 6 rings (SSSR count). The van der Waals surface area contributed by atoms with Crippen molar-refractivity contribution in [3.63, 3.8) is 0 Å². The molecule has 1 aliphatic rings. The van der Waals surface area contributed by atoms with Gasteiger partial charge < -0.3 is 30.2 Å². The molecule has 10 nitrogen and oxygen atoms in total. The number of aryl methyl sites for hydroxylation is 1. The van der Waals surface area contributed by atoms with Crippen molar-refractivity contribution in [2.45, 2.75) is 49.9 Å². The Morgan fingerprint density at radius 3 is 2.23 bits per heavy atom. The number of Topliss-reactive ketones (excluding diaryl/α,β-unsaturated/α-hetero) is 1. The van der Waals surface area contributed by atoms with Gasteiger partial charge in [-0.3, -0.25) is 9.78 Å². The van der Waals surface area contributed by atoms with E-state index in [1.807, 2.05) is 109 Å². The Morgan fingerprint density at radius 2 is 1.54 bits per heavy atom. The second-order valence-electron chi connectivity index (χ2n) is 12.9. The molecule has 2 heterocycles. The zero-order chi connectivity index (χ0) is 36.1. The molecule has 3 atom stereocenters. The van der Waals surface area contributed by atoms with Crippen molar-refractivity contribution in [2.24, 2.45) is 0 Å². The van der Waals surface area contributed by atoms with E-state index in [9.17, 15) is 14.4 Å². The molecule has 1 fully saturated rings. The van der Waals surface area contributed by atoms with Gasteiger partial charge in [-0.15, -0.1) is 0 Å². The van der Waals surface area contributed by atoms with Gasteiger partial charge in [0, 0.05) is 43.2 Å². The lowest BCUT2D eigenvalue weighted by Gasteiger charge is -2.30. The molecule has 0 bridgehead atoms. The van der Waals surface area contributed by atoms with Crippen LogP contribution in [0.2, 0.25) is 0 Å². The van der Waals surface area contributed by atoms with E-state index in [4.69, 9.17) is 14.2 Å². The number of nitrogens with one attached hydrogen (secondary N) is 3. The van der Waals surface area contributed by atoms with Crippen molar-refractivity contribution in [3.8, 4) is 0 Å². The average molecular weight is 701 g/mol. The Morgan fingerprint density at radius 1 is 0.846 bits per heavy atom. The fourth-order valence-electron chi connectivity index (χ4n) is 6.71. The standard InChI is InChI=1S/C42H44N4O6/c1-50-42(49)46-40(39(31-12-4-2-5-13-31)32-14-6-3-7-15-32)38(47)23-33-16-9-8-11-29(33)19-20-36-25-44-35(27-51-36)28-52-41(48)45-24-34-18-10-17-30-21-22-43-26-37(30)34/h2-18,21-22,26,35-36,39-40,44H,19-20,23-25,27-28H2,1H3,(H,45,48)(H,46,49)/t35-,36+,40+/m0/s1. The van der Waals surface area contributed by atoms with E-state index in [2.05, 4.69) is 20.9 Å². The quantitative estimate of drug-likeness (QED) is 0.127. The van der Waals surface area contributed by atoms with Crippen LogP contribution in [0.25, 0.3) is 10.8 Å². The van der Waals surface area contributed by atoms with Crippen LogP contribution in [0.4, 0.5) is 9.59 Å². The zero-order valence-electron chi connectivity index (χ0n) is 29.2. The lowest BCUT2D eigenvalue weighted by Crippen LogP contribution is -2.49. The van der Waals surface area contributed by atoms with Gasteiger partial charge in [-0.1, -0.05) is 103 Å². The number of morpholine rings is 1. The molecule has 10 heteroatoms. The van der Waals surface area contributed by atoms with Crippen molar-refractivity contribution in [3.05, 3.63) is 149 Å². The van der Waals surface area contributed by atoms with Gasteiger partial charge in [0.05, 0.1) is 25.9 Å². The van der Waals surface area contributed by atoms with E-state index in [1.165, 1.54) is 7.11 Å². The van der Waals surface area contributed by atoms with Crippen LogP contribution in [0.15, 0.2) is 122 Å². The number of nitrogens with zero attached hydrogens (tertiary/aromatic N) is 1. The van der Waals surface area contributed by atoms with Crippen molar-refractivity contribution in [1.29, 1.82) is 0 Å². The summed E-state index contributed by atoms with van der Waals surface area (Å²) in [6, 6.07) is 34.3. The molecule has 0 spiro atoms. The van der Waals surface area contributed by atoms with E-state index in [0.29, 0.717) is 26.1 Å². The predicted molar refractivity (Wildman–Crippen MR) is 199 cm³/mol. The number of amides is 2. The summed E-state index contributed by atoms with van der Waals surface area (Å²) < 4.78 is 16.6. The monoisotopic (exact) mass is 700 g/mol. The molecule has 1 aromatic heterocycles. The number of rotatable bonds is 14. The van der Waals surface area contributed by atoms with Crippen LogP contribution in [0.3, 0.4) is 0 Å². The van der Waals surface area contributed by atoms with E-state index >= 15 is 0 Å². The summed E-state index contributed by atoms with van der Waals surface area (Å²) in [4.78, 5) is 43.4. The minimum atomic E-state index is -0.854. The molecule has 3 N–H and O–H groups in total. The first kappa shape index (κ1) is 36.2. The molecule has 1 aliphatic heterocycles. The number of benzene rings is 4. The number of hydrogen-bond acceptors (Lipinski definition) is 8. The first-order valence-electron chi connectivity index (χ1n) is 17.6. The van der Waals surface area contributed by atoms with Crippen LogP contribution in [0.5, 0.6) is 0 Å². The maximum Gasteiger partial charge on any atom is 0.407 e. The van der Waals surface area contributed by atoms with E-state index < -0.39 is 24.1 Å². The molecule has 268 valence electrons. The number of ether oxygens (including phenoxy) is 3. The third kappa shape index (κ3) is 9.60. The highest BCUT2D eigenvalue weighted by Crippen LogP contribution is 2.30. The van der Waals surface area contributed by atoms with Gasteiger partial charge in [0.15, 0.2) is 5.78 Å². The van der Waals surface area contributed by atoms with Crippen LogP contribution in [-0.4, -0.2) is 68.0 Å². The number of aromatic nitrogens is 1. The number of carbonyl (C=O) groups is 3. The summed E-state index contributed by atoms with van der Waals surface area (Å²) in [6.45, 7) is 1.55. The predicted octanol–water partition coefficient (Wildman–Crippen LogP) is 6.12. The topological polar surface area (TPSA) is 128 Å². The van der Waals surface area contributed by atoms with Gasteiger partial charge in [-0.05, 0) is 52.1 Å². The number of methoxy groups -OCH3 is 1. The van der Waals surface area contributed by atoms with Crippen LogP contribution in [-0.2, 0) is 38.4 Å². The summed E-state index contributed by atoms with van der Waals surface area (Å²) in [5.41, 5.74) is 4.77. The average Bonchev–Trinajstić information content (AvgIpc) is 3.19. The van der Waals surface area contributed by atoms with Crippen molar-refractivity contribution in [1.82, 2.24) is 20.9 Å². The second-order valence-corrected chi connectivity index (χ2v) is 12.9. The van der Waals surface area contributed by atoms with Gasteiger partial charge in [0.1, 0.15) is 12.6 Å². The van der Waals surface area contributed by atoms with Crippen molar-refractivity contribution < 1.29 is 28.6 Å². The molecule has 5 aromatic rings. The molecule has 0 aliphatic carbocycles. The zero-order valence-corrected chi connectivity index (χ0v) is 29.2. The Bertz CT molecular complexity index is 1890. The molecule has 4 aromatic carbocycles. The summed E-state index contributed by atoms with van der Waals surface area (Å²) in [6.07, 6.45) is 3.95. The minimum Gasteiger partial charge on any atom is -0.453 e. The highest BCUT2D eigenvalue weighted by Gasteiger charge is 2.33. The van der Waals surface area contributed by atoms with Crippen LogP contribution < -0.4 is 16.0 Å². The second kappa shape index (κ2) is 18.1. The SMILES string of the molecule is COC(=O)N[C@H](C(=O)Cc1ccccc1CC[C@@H]1CN[C@H](COC(=O)NCc2cccc3ccncc23)CO1)C(c1ccccc1)c1ccccc1. The molecule has 0 unspecified atom stereocenters. The number of fused-ring (bicyclic) bond motifs is 1. The molecule has 0 radical (unpaired) electrons. The highest BCUT2D eigenvalue weighted by molar-refractivity contribution is 5.91. The van der Waals surface area contributed by atoms with Crippen LogP contribution >= 0.6 is 0 Å². The third-order valence-corrected chi connectivity index (χ3v) is 9.46. The van der Waals surface area contributed by atoms with Gasteiger partial charge >= 0.3 is 12.2 Å². The third-order valence-electron chi connectivity index (χ3n) is 9.46. The van der Waals surface area contributed by atoms with E-state index in [1.54, 1.807) is 12.4 Å². The number of ketones is 1. The lowest BCUT2D eigenvalue weighted by molar-refractivity contribution is -0.120. The van der Waals surface area contributed by atoms with Gasteiger partial charge in [0.25, 0.3) is 0 Å².